The van der Waals surface area contributed by atoms with Gasteiger partial charge in [-0.3, -0.25) is 19.9 Å². The molecule has 1 fully saturated rings. The van der Waals surface area contributed by atoms with Gasteiger partial charge in [0.1, 0.15) is 5.52 Å². The van der Waals surface area contributed by atoms with Crippen molar-refractivity contribution in [1.29, 1.82) is 0 Å². The van der Waals surface area contributed by atoms with Gasteiger partial charge in [-0.2, -0.15) is 5.10 Å². The third-order valence-electron chi connectivity index (χ3n) is 4.40. The van der Waals surface area contributed by atoms with Gasteiger partial charge >= 0.3 is 0 Å². The number of fused-ring (bicyclic) bond motifs is 1. The van der Waals surface area contributed by atoms with E-state index in [4.69, 9.17) is 0 Å². The molecule has 1 aliphatic heterocycles. The lowest BCUT2D eigenvalue weighted by molar-refractivity contribution is 0.0707. The fourth-order valence-electron chi connectivity index (χ4n) is 3.25. The Morgan fingerprint density at radius 3 is 2.96 bits per heavy atom. The van der Waals surface area contributed by atoms with Gasteiger partial charge in [-0.15, -0.1) is 0 Å². The highest BCUT2D eigenvalue weighted by atomic mass is 16.2. The molecule has 0 unspecified atom stereocenters. The van der Waals surface area contributed by atoms with Crippen molar-refractivity contribution in [3.63, 3.8) is 0 Å². The number of rotatable bonds is 2. The first-order valence-electron chi connectivity index (χ1n) is 7.81. The van der Waals surface area contributed by atoms with Crippen LogP contribution in [-0.4, -0.2) is 44.1 Å². The van der Waals surface area contributed by atoms with Gasteiger partial charge in [0.25, 0.3) is 5.91 Å². The van der Waals surface area contributed by atoms with Crippen molar-refractivity contribution < 1.29 is 4.79 Å². The van der Waals surface area contributed by atoms with Crippen LogP contribution < -0.4 is 0 Å². The van der Waals surface area contributed by atoms with E-state index < -0.39 is 0 Å². The number of amides is 1. The normalized spacial score (nSPS) is 18.3. The second-order valence-electron chi connectivity index (χ2n) is 5.83. The summed E-state index contributed by atoms with van der Waals surface area (Å²) in [6.45, 7) is 1.48. The summed E-state index contributed by atoms with van der Waals surface area (Å²) >= 11 is 0. The zero-order valence-corrected chi connectivity index (χ0v) is 12.6. The number of para-hydroxylation sites is 1. The molecule has 6 nitrogen and oxygen atoms in total. The van der Waals surface area contributed by atoms with Crippen molar-refractivity contribution >= 4 is 16.9 Å². The minimum atomic E-state index is 0.0281. The molecule has 1 N–H and O–H groups in total. The molecule has 23 heavy (non-hydrogen) atoms. The van der Waals surface area contributed by atoms with Crippen LogP contribution in [0.5, 0.6) is 0 Å². The van der Waals surface area contributed by atoms with E-state index in [0.29, 0.717) is 23.5 Å². The summed E-state index contributed by atoms with van der Waals surface area (Å²) in [5.41, 5.74) is 3.14. The summed E-state index contributed by atoms with van der Waals surface area (Å²) < 4.78 is 0. The van der Waals surface area contributed by atoms with Gasteiger partial charge < -0.3 is 4.90 Å². The molecule has 1 saturated heterocycles. The lowest BCUT2D eigenvalue weighted by atomic mass is 9.94. The maximum atomic E-state index is 13.0. The molecule has 0 bridgehead atoms. The monoisotopic (exact) mass is 307 g/mol. The number of likely N-dealkylation sites (tertiary alicyclic amines) is 1. The number of hydrogen-bond donors (Lipinski definition) is 1. The number of hydrogen-bond acceptors (Lipinski definition) is 4. The highest BCUT2D eigenvalue weighted by Crippen LogP contribution is 2.27. The molecule has 6 heteroatoms. The van der Waals surface area contributed by atoms with Gasteiger partial charge in [0.05, 0.1) is 11.1 Å². The molecule has 0 radical (unpaired) electrons. The first kappa shape index (κ1) is 13.9. The first-order chi connectivity index (χ1) is 11.3. The highest BCUT2D eigenvalue weighted by molar-refractivity contribution is 6.04. The molecule has 1 aromatic carbocycles. The van der Waals surface area contributed by atoms with Crippen molar-refractivity contribution in [2.24, 2.45) is 0 Å². The zero-order valence-electron chi connectivity index (χ0n) is 12.6. The maximum Gasteiger partial charge on any atom is 0.256 e. The molecule has 3 aromatic rings. The van der Waals surface area contributed by atoms with Crippen LogP contribution >= 0.6 is 0 Å². The third kappa shape index (κ3) is 2.56. The van der Waals surface area contributed by atoms with Gasteiger partial charge in [0.15, 0.2) is 0 Å². The molecule has 0 saturated carbocycles. The van der Waals surface area contributed by atoms with Crippen LogP contribution in [0.15, 0.2) is 42.9 Å². The van der Waals surface area contributed by atoms with Gasteiger partial charge in [0.2, 0.25) is 0 Å². The summed E-state index contributed by atoms with van der Waals surface area (Å²) in [4.78, 5) is 23.5. The molecule has 1 atom stereocenters. The van der Waals surface area contributed by atoms with E-state index in [1.54, 1.807) is 18.6 Å². The fourth-order valence-corrected chi connectivity index (χ4v) is 3.25. The Morgan fingerprint density at radius 2 is 2.09 bits per heavy atom. The largest absolute Gasteiger partial charge is 0.338 e. The molecule has 2 aromatic heterocycles. The second-order valence-corrected chi connectivity index (χ2v) is 5.83. The highest BCUT2D eigenvalue weighted by Gasteiger charge is 2.27. The number of benzene rings is 1. The van der Waals surface area contributed by atoms with E-state index in [2.05, 4.69) is 20.2 Å². The topological polar surface area (TPSA) is 74.8 Å². The van der Waals surface area contributed by atoms with Crippen LogP contribution in [0, 0.1) is 0 Å². The number of H-pyrrole nitrogens is 1. The molecule has 0 spiro atoms. The second kappa shape index (κ2) is 5.79. The van der Waals surface area contributed by atoms with E-state index >= 15 is 0 Å². The van der Waals surface area contributed by atoms with Crippen LogP contribution in [0.3, 0.4) is 0 Å². The van der Waals surface area contributed by atoms with Crippen molar-refractivity contribution in [2.75, 3.05) is 13.1 Å². The number of aromatic nitrogens is 4. The van der Waals surface area contributed by atoms with Gasteiger partial charge in [-0.25, -0.2) is 0 Å². The number of aromatic amines is 1. The number of piperidine rings is 1. The molecule has 4 rings (SSSR count). The minimum Gasteiger partial charge on any atom is -0.338 e. The first-order valence-corrected chi connectivity index (χ1v) is 7.81. The predicted molar refractivity (Wildman–Crippen MR) is 86.0 cm³/mol. The van der Waals surface area contributed by atoms with Crippen LogP contribution in [-0.2, 0) is 0 Å². The smallest absolute Gasteiger partial charge is 0.256 e. The van der Waals surface area contributed by atoms with Crippen LogP contribution in [0.1, 0.15) is 34.8 Å². The maximum absolute atomic E-state index is 13.0. The number of nitrogens with zero attached hydrogens (tertiary/aromatic N) is 4. The molecular formula is C17H17N5O. The van der Waals surface area contributed by atoms with Crippen LogP contribution in [0.2, 0.25) is 0 Å². The van der Waals surface area contributed by atoms with Crippen molar-refractivity contribution in [3.05, 3.63) is 54.1 Å². The standard InChI is InChI=1S/C17H17N5O/c23-17(13-4-1-5-15-16(13)19-9-8-18-15)22-10-2-3-12(11-22)14-6-7-20-21-14/h1,4-9,12H,2-3,10-11H2,(H,20,21)/t12-/m1/s1. The molecule has 3 heterocycles. The third-order valence-corrected chi connectivity index (χ3v) is 4.40. The summed E-state index contributed by atoms with van der Waals surface area (Å²) in [6, 6.07) is 7.56. The average Bonchev–Trinajstić information content (AvgIpc) is 3.15. The van der Waals surface area contributed by atoms with E-state index in [9.17, 15) is 4.79 Å². The summed E-state index contributed by atoms with van der Waals surface area (Å²) in [6.07, 6.45) is 7.10. The lowest BCUT2D eigenvalue weighted by Crippen LogP contribution is -2.39. The Labute approximate surface area is 133 Å². The van der Waals surface area contributed by atoms with Crippen molar-refractivity contribution in [1.82, 2.24) is 25.1 Å². The number of nitrogens with one attached hydrogen (secondary N) is 1. The SMILES string of the molecule is O=C(c1cccc2nccnc12)N1CCC[C@@H](c2ccn[nH]2)C1. The van der Waals surface area contributed by atoms with Crippen molar-refractivity contribution in [2.45, 2.75) is 18.8 Å². The Hall–Kier alpha value is -2.76. The molecule has 0 aliphatic carbocycles. The summed E-state index contributed by atoms with van der Waals surface area (Å²) in [7, 11) is 0. The van der Waals surface area contributed by atoms with E-state index in [1.165, 1.54) is 0 Å². The molecule has 116 valence electrons. The van der Waals surface area contributed by atoms with Gasteiger partial charge in [-0.05, 0) is 31.0 Å². The Balaban J connectivity index is 1.63. The summed E-state index contributed by atoms with van der Waals surface area (Å²) in [5, 5.41) is 7.05. The van der Waals surface area contributed by atoms with E-state index in [0.717, 1.165) is 30.6 Å². The van der Waals surface area contributed by atoms with Gasteiger partial charge in [0, 0.05) is 43.3 Å². The van der Waals surface area contributed by atoms with Crippen LogP contribution in [0.4, 0.5) is 0 Å². The lowest BCUT2D eigenvalue weighted by Gasteiger charge is -2.32. The molecule has 1 amide bonds. The van der Waals surface area contributed by atoms with Crippen molar-refractivity contribution in [3.8, 4) is 0 Å². The minimum absolute atomic E-state index is 0.0281. The van der Waals surface area contributed by atoms with Crippen LogP contribution in [0.25, 0.3) is 11.0 Å². The number of carbonyl (C=O) groups is 1. The quantitative estimate of drug-likeness (QED) is 0.788. The number of carbonyl (C=O) groups excluding carboxylic acids is 1. The molecular weight excluding hydrogens is 290 g/mol. The Bertz CT molecular complexity index is 825. The Morgan fingerprint density at radius 1 is 1.17 bits per heavy atom. The van der Waals surface area contributed by atoms with E-state index in [-0.39, 0.29) is 5.91 Å². The fraction of sp³-hybridized carbons (Fsp3) is 0.294. The molecule has 1 aliphatic rings. The van der Waals surface area contributed by atoms with E-state index in [1.807, 2.05) is 29.2 Å². The average molecular weight is 307 g/mol. The summed E-state index contributed by atoms with van der Waals surface area (Å²) in [5.74, 6) is 0.344. The van der Waals surface area contributed by atoms with Gasteiger partial charge in [-0.1, -0.05) is 6.07 Å². The predicted octanol–water partition coefficient (Wildman–Crippen LogP) is 2.37. The Kier molecular flexibility index (Phi) is 3.49. The zero-order chi connectivity index (χ0) is 15.6.